The smallest absolute Gasteiger partial charge is 0.239 e. The highest BCUT2D eigenvalue weighted by Crippen LogP contribution is 2.12. The topological polar surface area (TPSA) is 58.6 Å². The first-order valence-electron chi connectivity index (χ1n) is 6.75. The van der Waals surface area contributed by atoms with E-state index in [-0.39, 0.29) is 24.3 Å². The van der Waals surface area contributed by atoms with Crippen LogP contribution in [-0.4, -0.2) is 56.0 Å². The minimum absolute atomic E-state index is 0.0407. The molecule has 1 fully saturated rings. The number of hydrogen-bond donors (Lipinski definition) is 1. The molecule has 0 bridgehead atoms. The number of carbonyl (C=O) groups is 2. The van der Waals surface area contributed by atoms with Gasteiger partial charge in [0.1, 0.15) is 6.04 Å². The van der Waals surface area contributed by atoms with Crippen molar-refractivity contribution in [2.75, 3.05) is 33.4 Å². The molecule has 0 aliphatic carbocycles. The number of rotatable bonds is 4. The highest BCUT2D eigenvalue weighted by molar-refractivity contribution is 5.99. The van der Waals surface area contributed by atoms with Gasteiger partial charge in [0.05, 0.1) is 19.8 Å². The van der Waals surface area contributed by atoms with Gasteiger partial charge in [0, 0.05) is 19.2 Å². The molecular weight excluding hydrogens is 256 g/mol. The first-order valence-corrected chi connectivity index (χ1v) is 6.75. The minimum atomic E-state index is -0.387. The molecule has 1 unspecified atom stereocenters. The molecule has 1 aromatic carbocycles. The summed E-state index contributed by atoms with van der Waals surface area (Å²) in [6.45, 7) is 3.64. The second kappa shape index (κ2) is 6.63. The lowest BCUT2D eigenvalue weighted by atomic mass is 10.0. The second-order valence-electron chi connectivity index (χ2n) is 4.91. The Kier molecular flexibility index (Phi) is 4.87. The third-order valence-corrected chi connectivity index (χ3v) is 3.58. The van der Waals surface area contributed by atoms with Crippen molar-refractivity contribution >= 4 is 11.7 Å². The Morgan fingerprint density at radius 2 is 2.15 bits per heavy atom. The summed E-state index contributed by atoms with van der Waals surface area (Å²) in [5.41, 5.74) is 1.68. The maximum Gasteiger partial charge on any atom is 0.239 e. The molecule has 5 heteroatoms. The fourth-order valence-corrected chi connectivity index (χ4v) is 2.39. The maximum atomic E-state index is 12.4. The Hall–Kier alpha value is -1.72. The number of nitrogens with one attached hydrogen (secondary N) is 1. The van der Waals surface area contributed by atoms with Crippen LogP contribution in [-0.2, 0) is 9.53 Å². The summed E-state index contributed by atoms with van der Waals surface area (Å²) >= 11 is 0. The molecule has 0 aromatic heterocycles. The van der Waals surface area contributed by atoms with Crippen molar-refractivity contribution in [1.82, 2.24) is 10.2 Å². The molecular formula is C15H20N2O3. The van der Waals surface area contributed by atoms with Gasteiger partial charge in [-0.3, -0.25) is 14.5 Å². The van der Waals surface area contributed by atoms with Crippen molar-refractivity contribution in [3.05, 3.63) is 35.4 Å². The number of ether oxygens (including phenoxy) is 1. The third-order valence-electron chi connectivity index (χ3n) is 3.58. The summed E-state index contributed by atoms with van der Waals surface area (Å²) in [7, 11) is 1.60. The number of hydrogen-bond acceptors (Lipinski definition) is 4. The van der Waals surface area contributed by atoms with Crippen molar-refractivity contribution in [1.29, 1.82) is 0 Å². The van der Waals surface area contributed by atoms with Crippen LogP contribution < -0.4 is 5.32 Å². The molecule has 20 heavy (non-hydrogen) atoms. The van der Waals surface area contributed by atoms with Crippen LogP contribution in [0.15, 0.2) is 24.3 Å². The van der Waals surface area contributed by atoms with Crippen LogP contribution in [0.2, 0.25) is 0 Å². The summed E-state index contributed by atoms with van der Waals surface area (Å²) in [5, 5.41) is 2.62. The van der Waals surface area contributed by atoms with Gasteiger partial charge in [-0.2, -0.15) is 0 Å². The van der Waals surface area contributed by atoms with Crippen LogP contribution in [0, 0.1) is 6.92 Å². The monoisotopic (exact) mass is 276 g/mol. The lowest BCUT2D eigenvalue weighted by Crippen LogP contribution is -2.54. The first kappa shape index (κ1) is 14.7. The van der Waals surface area contributed by atoms with Gasteiger partial charge in [-0.25, -0.2) is 0 Å². The number of nitrogens with zero attached hydrogens (tertiary/aromatic N) is 1. The van der Waals surface area contributed by atoms with Gasteiger partial charge >= 0.3 is 0 Å². The minimum Gasteiger partial charge on any atom is -0.378 e. The van der Waals surface area contributed by atoms with Crippen molar-refractivity contribution in [3.8, 4) is 0 Å². The second-order valence-corrected chi connectivity index (χ2v) is 4.91. The zero-order chi connectivity index (χ0) is 14.5. The van der Waals surface area contributed by atoms with E-state index in [4.69, 9.17) is 4.74 Å². The average molecular weight is 276 g/mol. The lowest BCUT2D eigenvalue weighted by molar-refractivity contribution is -0.131. The van der Waals surface area contributed by atoms with Gasteiger partial charge < -0.3 is 10.1 Å². The van der Waals surface area contributed by atoms with Crippen LogP contribution in [0.3, 0.4) is 0 Å². The van der Waals surface area contributed by atoms with E-state index < -0.39 is 0 Å². The third kappa shape index (κ3) is 3.23. The van der Waals surface area contributed by atoms with E-state index in [0.29, 0.717) is 19.8 Å². The standard InChI is InChI=1S/C15H20N2O3/c1-11-5-3-4-6-12(11)14(18)9-17-7-8-20-10-13(17)15(19)16-2/h3-6,13H,7-10H2,1-2H3,(H,16,19). The molecule has 1 aromatic rings. The molecule has 5 nitrogen and oxygen atoms in total. The Balaban J connectivity index is 2.09. The number of benzene rings is 1. The van der Waals surface area contributed by atoms with Crippen LogP contribution >= 0.6 is 0 Å². The quantitative estimate of drug-likeness (QED) is 0.819. The molecule has 1 heterocycles. The summed E-state index contributed by atoms with van der Waals surface area (Å²) in [6.07, 6.45) is 0. The van der Waals surface area contributed by atoms with E-state index >= 15 is 0 Å². The lowest BCUT2D eigenvalue weighted by Gasteiger charge is -2.33. The molecule has 1 atom stereocenters. The summed E-state index contributed by atoms with van der Waals surface area (Å²) < 4.78 is 5.33. The molecule has 0 saturated carbocycles. The zero-order valence-electron chi connectivity index (χ0n) is 11.9. The zero-order valence-corrected chi connectivity index (χ0v) is 11.9. The van der Waals surface area contributed by atoms with Gasteiger partial charge in [-0.1, -0.05) is 24.3 Å². The maximum absolute atomic E-state index is 12.4. The molecule has 1 aliphatic rings. The fourth-order valence-electron chi connectivity index (χ4n) is 2.39. The Labute approximate surface area is 118 Å². The Morgan fingerprint density at radius 3 is 2.85 bits per heavy atom. The van der Waals surface area contributed by atoms with Gasteiger partial charge in [0.2, 0.25) is 5.91 Å². The highest BCUT2D eigenvalue weighted by atomic mass is 16.5. The van der Waals surface area contributed by atoms with Crippen LogP contribution in [0.5, 0.6) is 0 Å². The molecule has 1 amide bonds. The Morgan fingerprint density at radius 1 is 1.40 bits per heavy atom. The van der Waals surface area contributed by atoms with E-state index in [2.05, 4.69) is 5.32 Å². The van der Waals surface area contributed by atoms with E-state index in [1.807, 2.05) is 36.1 Å². The van der Waals surface area contributed by atoms with Crippen LogP contribution in [0.25, 0.3) is 0 Å². The molecule has 2 rings (SSSR count). The Bertz CT molecular complexity index is 502. The van der Waals surface area contributed by atoms with Gasteiger partial charge in [0.25, 0.3) is 0 Å². The van der Waals surface area contributed by atoms with E-state index in [9.17, 15) is 9.59 Å². The molecule has 108 valence electrons. The SMILES string of the molecule is CNC(=O)C1COCCN1CC(=O)c1ccccc1C. The number of carbonyl (C=O) groups excluding carboxylic acids is 2. The van der Waals surface area contributed by atoms with E-state index in [0.717, 1.165) is 11.1 Å². The summed E-state index contributed by atoms with van der Waals surface area (Å²) in [4.78, 5) is 26.1. The normalized spacial score (nSPS) is 19.6. The molecule has 1 saturated heterocycles. The van der Waals surface area contributed by atoms with Crippen LogP contribution in [0.1, 0.15) is 15.9 Å². The number of likely N-dealkylation sites (N-methyl/N-ethyl adjacent to an activating group) is 1. The average Bonchev–Trinajstić information content (AvgIpc) is 2.47. The summed E-state index contributed by atoms with van der Waals surface area (Å²) in [6, 6.07) is 7.13. The number of morpholine rings is 1. The summed E-state index contributed by atoms with van der Waals surface area (Å²) in [5.74, 6) is -0.0683. The highest BCUT2D eigenvalue weighted by Gasteiger charge is 2.30. The number of aryl methyl sites for hydroxylation is 1. The molecule has 0 radical (unpaired) electrons. The molecule has 1 N–H and O–H groups in total. The predicted octanol–water partition coefficient (Wildman–Crippen LogP) is 0.625. The largest absolute Gasteiger partial charge is 0.378 e. The van der Waals surface area contributed by atoms with Crippen molar-refractivity contribution in [3.63, 3.8) is 0 Å². The predicted molar refractivity (Wildman–Crippen MR) is 75.8 cm³/mol. The van der Waals surface area contributed by atoms with Crippen molar-refractivity contribution in [2.24, 2.45) is 0 Å². The molecule has 0 spiro atoms. The number of ketones is 1. The number of Topliss-reactive ketones (excluding diaryl/α,β-unsaturated/α-hetero) is 1. The van der Waals surface area contributed by atoms with E-state index in [1.54, 1.807) is 7.05 Å². The molecule has 1 aliphatic heterocycles. The first-order chi connectivity index (χ1) is 9.63. The van der Waals surface area contributed by atoms with E-state index in [1.165, 1.54) is 0 Å². The fraction of sp³-hybridized carbons (Fsp3) is 0.467. The van der Waals surface area contributed by atoms with Crippen molar-refractivity contribution in [2.45, 2.75) is 13.0 Å². The van der Waals surface area contributed by atoms with Gasteiger partial charge in [-0.05, 0) is 12.5 Å². The van der Waals surface area contributed by atoms with Crippen molar-refractivity contribution < 1.29 is 14.3 Å². The van der Waals surface area contributed by atoms with Gasteiger partial charge in [0.15, 0.2) is 5.78 Å². The number of amides is 1. The van der Waals surface area contributed by atoms with Gasteiger partial charge in [-0.15, -0.1) is 0 Å². The van der Waals surface area contributed by atoms with Crippen LogP contribution in [0.4, 0.5) is 0 Å².